The zero-order valence-electron chi connectivity index (χ0n) is 27.6. The van der Waals surface area contributed by atoms with E-state index in [2.05, 4.69) is 51.7 Å². The Hall–Kier alpha value is -3.46. The predicted octanol–water partition coefficient (Wildman–Crippen LogP) is 11.7. The first kappa shape index (κ1) is 39.7. The Bertz CT molecular complexity index is 1090. The quantitative estimate of drug-likeness (QED) is 0.0924. The number of carbonyl (C=O) groups is 2. The molecule has 2 aromatic rings. The first-order valence-corrected chi connectivity index (χ1v) is 15.2. The van der Waals surface area contributed by atoms with Crippen LogP contribution >= 0.6 is 0 Å². The average Bonchev–Trinajstić information content (AvgIpc) is 2.99. The van der Waals surface area contributed by atoms with Crippen LogP contribution in [0.3, 0.4) is 0 Å². The molecule has 1 amide bonds. The van der Waals surface area contributed by atoms with Gasteiger partial charge < -0.3 is 5.32 Å². The van der Waals surface area contributed by atoms with Gasteiger partial charge in [-0.05, 0) is 81.0 Å². The smallest absolute Gasteiger partial charge is 0.211 e. The van der Waals surface area contributed by atoms with Gasteiger partial charge in [0.1, 0.15) is 0 Å². The van der Waals surface area contributed by atoms with Crippen molar-refractivity contribution in [1.82, 2.24) is 0 Å². The molecule has 0 aliphatic rings. The second-order valence-corrected chi connectivity index (χ2v) is 9.93. The van der Waals surface area contributed by atoms with Crippen molar-refractivity contribution < 1.29 is 9.59 Å². The lowest BCUT2D eigenvalue weighted by atomic mass is 9.98. The number of carbonyl (C=O) groups excluding carboxylic acids is 2. The summed E-state index contributed by atoms with van der Waals surface area (Å²) in [4.78, 5) is 21.9. The van der Waals surface area contributed by atoms with E-state index in [0.29, 0.717) is 6.41 Å². The van der Waals surface area contributed by atoms with Gasteiger partial charge in [0, 0.05) is 11.3 Å². The maximum absolute atomic E-state index is 11.5. The van der Waals surface area contributed by atoms with Crippen LogP contribution in [0.25, 0.3) is 11.6 Å². The Balaban J connectivity index is 0. The number of amides is 1. The van der Waals surface area contributed by atoms with Gasteiger partial charge in [-0.1, -0.05) is 134 Å². The van der Waals surface area contributed by atoms with Gasteiger partial charge in [-0.3, -0.25) is 9.59 Å². The molecule has 0 spiro atoms. The third-order valence-corrected chi connectivity index (χ3v) is 6.57. The largest absolute Gasteiger partial charge is 0.329 e. The Kier molecular flexibility index (Phi) is 24.7. The van der Waals surface area contributed by atoms with Crippen LogP contribution in [-0.4, -0.2) is 12.2 Å². The molecule has 0 saturated heterocycles. The van der Waals surface area contributed by atoms with Gasteiger partial charge in [0.15, 0.2) is 5.78 Å². The molecule has 0 saturated carbocycles. The molecule has 0 radical (unpaired) electrons. The van der Waals surface area contributed by atoms with Crippen molar-refractivity contribution in [2.24, 2.45) is 5.92 Å². The van der Waals surface area contributed by atoms with Crippen LogP contribution in [0.4, 0.5) is 5.69 Å². The van der Waals surface area contributed by atoms with E-state index < -0.39 is 0 Å². The summed E-state index contributed by atoms with van der Waals surface area (Å²) in [6.07, 6.45) is 17.5. The molecular formula is C38H57NO2. The Morgan fingerprint density at radius 2 is 1.59 bits per heavy atom. The molecule has 3 nitrogen and oxygen atoms in total. The molecule has 1 atom stereocenters. The number of aryl methyl sites for hydroxylation is 1. The molecule has 2 rings (SSSR count). The summed E-state index contributed by atoms with van der Waals surface area (Å²) >= 11 is 0. The van der Waals surface area contributed by atoms with Crippen molar-refractivity contribution in [3.8, 4) is 0 Å². The van der Waals surface area contributed by atoms with Crippen LogP contribution in [0, 0.1) is 12.8 Å². The van der Waals surface area contributed by atoms with Crippen LogP contribution in [0.2, 0.25) is 0 Å². The SMILES string of the molecule is C=C/C=C\C(C)=C/C.CC.CC(=O)c1ccc(C)c(/C=C(\C)c2ccc(NC=O)cc2)c1.CCCCCC(C)CC. The van der Waals surface area contributed by atoms with Gasteiger partial charge in [0.2, 0.25) is 6.41 Å². The fourth-order valence-electron chi connectivity index (χ4n) is 3.49. The van der Waals surface area contributed by atoms with E-state index in [0.717, 1.165) is 39.4 Å². The maximum atomic E-state index is 11.5. The first-order valence-electron chi connectivity index (χ1n) is 15.2. The number of nitrogens with one attached hydrogen (secondary N) is 1. The molecule has 0 aromatic heterocycles. The highest BCUT2D eigenvalue weighted by Gasteiger charge is 2.04. The van der Waals surface area contributed by atoms with E-state index >= 15 is 0 Å². The molecule has 0 fully saturated rings. The lowest BCUT2D eigenvalue weighted by Gasteiger charge is -2.07. The van der Waals surface area contributed by atoms with Crippen LogP contribution in [0.15, 0.2) is 78.9 Å². The summed E-state index contributed by atoms with van der Waals surface area (Å²) in [6.45, 7) is 24.1. The fraction of sp³-hybridized carbons (Fsp3) is 0.421. The Labute approximate surface area is 252 Å². The van der Waals surface area contributed by atoms with Crippen LogP contribution in [-0.2, 0) is 4.79 Å². The highest BCUT2D eigenvalue weighted by atomic mass is 16.1. The number of hydrogen-bond donors (Lipinski definition) is 1. The van der Waals surface area contributed by atoms with Gasteiger partial charge in [0.25, 0.3) is 0 Å². The number of benzene rings is 2. The van der Waals surface area contributed by atoms with E-state index in [1.165, 1.54) is 37.7 Å². The third kappa shape index (κ3) is 19.3. The molecule has 2 aromatic carbocycles. The van der Waals surface area contributed by atoms with Gasteiger partial charge >= 0.3 is 0 Å². The van der Waals surface area contributed by atoms with Crippen LogP contribution in [0.1, 0.15) is 121 Å². The van der Waals surface area contributed by atoms with E-state index in [4.69, 9.17) is 0 Å². The molecule has 1 N–H and O–H groups in total. The predicted molar refractivity (Wildman–Crippen MR) is 185 cm³/mol. The van der Waals surface area contributed by atoms with Crippen LogP contribution in [0.5, 0.6) is 0 Å². The average molecular weight is 560 g/mol. The summed E-state index contributed by atoms with van der Waals surface area (Å²) in [6, 6.07) is 13.4. The standard InChI is InChI=1S/C19H19NO2.C9H20.C8H12.C2H6/c1-13-4-5-17(15(3)22)11-18(13)10-14(2)16-6-8-19(9-7-16)20-12-21;1-4-6-7-8-9(3)5-2;1-4-6-7-8(3)5-2;1-2/h4-12H,1-3H3,(H,20,21);9H,4-8H2,1-3H3;4-7H,1H2,2-3H3;1-2H3/b14-10+;;7-6-,8-5-;. The van der Waals surface area contributed by atoms with E-state index in [-0.39, 0.29) is 5.78 Å². The maximum Gasteiger partial charge on any atom is 0.211 e. The lowest BCUT2D eigenvalue weighted by Crippen LogP contribution is -1.94. The molecule has 0 aliphatic carbocycles. The van der Waals surface area contributed by atoms with Crippen molar-refractivity contribution in [2.45, 2.75) is 101 Å². The van der Waals surface area contributed by atoms with Crippen molar-refractivity contribution in [1.29, 1.82) is 0 Å². The van der Waals surface area contributed by atoms with Gasteiger partial charge in [-0.2, -0.15) is 0 Å². The number of unbranched alkanes of at least 4 members (excludes halogenated alkanes) is 2. The topological polar surface area (TPSA) is 46.2 Å². The minimum absolute atomic E-state index is 0.0663. The number of Topliss-reactive ketones (excluding diaryl/α,β-unsaturated/α-hetero) is 1. The molecule has 41 heavy (non-hydrogen) atoms. The third-order valence-electron chi connectivity index (χ3n) is 6.57. The molecule has 226 valence electrons. The summed E-state index contributed by atoms with van der Waals surface area (Å²) in [7, 11) is 0. The van der Waals surface area contributed by atoms with Gasteiger partial charge in [-0.25, -0.2) is 0 Å². The molecule has 0 heterocycles. The zero-order valence-corrected chi connectivity index (χ0v) is 27.6. The number of ketones is 1. The zero-order chi connectivity index (χ0) is 31.6. The van der Waals surface area contributed by atoms with E-state index in [9.17, 15) is 9.59 Å². The lowest BCUT2D eigenvalue weighted by molar-refractivity contribution is -0.105. The summed E-state index contributed by atoms with van der Waals surface area (Å²) in [5.41, 5.74) is 7.09. The second-order valence-electron chi connectivity index (χ2n) is 9.93. The fourth-order valence-corrected chi connectivity index (χ4v) is 3.49. The second kappa shape index (κ2) is 25.5. The molecule has 0 bridgehead atoms. The van der Waals surface area contributed by atoms with Gasteiger partial charge in [0.05, 0.1) is 0 Å². The number of allylic oxidation sites excluding steroid dienone is 6. The minimum atomic E-state index is 0.0663. The number of rotatable bonds is 12. The molecule has 0 aliphatic heterocycles. The van der Waals surface area contributed by atoms with Crippen molar-refractivity contribution in [3.05, 3.63) is 101 Å². The van der Waals surface area contributed by atoms with Crippen molar-refractivity contribution in [2.75, 3.05) is 5.32 Å². The van der Waals surface area contributed by atoms with E-state index in [1.54, 1.807) is 13.0 Å². The molecular weight excluding hydrogens is 502 g/mol. The Morgan fingerprint density at radius 1 is 0.976 bits per heavy atom. The number of anilines is 1. The summed E-state index contributed by atoms with van der Waals surface area (Å²) < 4.78 is 0. The summed E-state index contributed by atoms with van der Waals surface area (Å²) in [5, 5.41) is 2.61. The normalized spacial score (nSPS) is 11.6. The molecule has 3 heteroatoms. The highest BCUT2D eigenvalue weighted by molar-refractivity contribution is 5.95. The minimum Gasteiger partial charge on any atom is -0.329 e. The van der Waals surface area contributed by atoms with Crippen molar-refractivity contribution >= 4 is 29.5 Å². The highest BCUT2D eigenvalue weighted by Crippen LogP contribution is 2.22. The first-order chi connectivity index (χ1) is 19.6. The monoisotopic (exact) mass is 559 g/mol. The molecule has 1 unspecified atom stereocenters. The van der Waals surface area contributed by atoms with Crippen molar-refractivity contribution in [3.63, 3.8) is 0 Å². The Morgan fingerprint density at radius 3 is 2.07 bits per heavy atom. The van der Waals surface area contributed by atoms with E-state index in [1.807, 2.05) is 89.2 Å². The summed E-state index contributed by atoms with van der Waals surface area (Å²) in [5.74, 6) is 1.02. The van der Waals surface area contributed by atoms with Crippen LogP contribution < -0.4 is 5.32 Å². The van der Waals surface area contributed by atoms with Gasteiger partial charge in [-0.15, -0.1) is 0 Å². The number of hydrogen-bond acceptors (Lipinski definition) is 2.